The van der Waals surface area contributed by atoms with E-state index in [1.165, 1.54) is 88.8 Å². The van der Waals surface area contributed by atoms with E-state index in [9.17, 15) is 14.7 Å². The molecule has 2 aromatic carbocycles. The molecule has 3 rings (SSSR count). The molecule has 0 aliphatic heterocycles. The first kappa shape index (κ1) is 30.3. The Morgan fingerprint density at radius 2 is 1.38 bits per heavy atom. The van der Waals surface area contributed by atoms with Crippen molar-refractivity contribution in [3.8, 4) is 22.8 Å². The molecule has 0 aliphatic rings. The van der Waals surface area contributed by atoms with Gasteiger partial charge < -0.3 is 19.0 Å². The van der Waals surface area contributed by atoms with Crippen LogP contribution in [0, 0.1) is 0 Å². The zero-order valence-electron chi connectivity index (χ0n) is 23.4. The molecule has 1 heterocycles. The normalized spacial score (nSPS) is 11.1. The monoisotopic (exact) mass is 536 g/mol. The lowest BCUT2D eigenvalue weighted by atomic mass is 10.0. The number of esters is 1. The van der Waals surface area contributed by atoms with E-state index in [0.29, 0.717) is 12.4 Å². The van der Waals surface area contributed by atoms with Crippen molar-refractivity contribution in [3.05, 3.63) is 58.8 Å². The van der Waals surface area contributed by atoms with Gasteiger partial charge in [0.2, 0.25) is 0 Å². The van der Waals surface area contributed by atoms with Crippen LogP contribution in [-0.2, 0) is 9.53 Å². The lowest BCUT2D eigenvalue weighted by Crippen LogP contribution is -2.15. The van der Waals surface area contributed by atoms with Crippen molar-refractivity contribution in [1.29, 1.82) is 0 Å². The maximum Gasteiger partial charge on any atom is 0.344 e. The first-order chi connectivity index (χ1) is 19.1. The second-order valence-corrected chi connectivity index (χ2v) is 10.3. The Morgan fingerprint density at radius 1 is 0.795 bits per heavy atom. The fraction of sp³-hybridized carbons (Fsp3) is 0.515. The quantitative estimate of drug-likeness (QED) is 0.122. The van der Waals surface area contributed by atoms with Gasteiger partial charge in [0.25, 0.3) is 0 Å². The summed E-state index contributed by atoms with van der Waals surface area (Å²) in [6.45, 7) is 2.35. The molecule has 6 heteroatoms. The first-order valence-electron chi connectivity index (χ1n) is 14.7. The Kier molecular flexibility index (Phi) is 13.5. The molecule has 1 aromatic heterocycles. The van der Waals surface area contributed by atoms with Crippen LogP contribution in [-0.4, -0.2) is 24.3 Å². The molecule has 3 aromatic rings. The highest BCUT2D eigenvalue weighted by molar-refractivity contribution is 5.86. The lowest BCUT2D eigenvalue weighted by molar-refractivity contribution is -0.146. The van der Waals surface area contributed by atoms with E-state index < -0.39 is 5.97 Å². The van der Waals surface area contributed by atoms with Gasteiger partial charge in [-0.2, -0.15) is 0 Å². The molecule has 0 fully saturated rings. The molecule has 212 valence electrons. The van der Waals surface area contributed by atoms with Crippen LogP contribution in [0.4, 0.5) is 0 Å². The summed E-state index contributed by atoms with van der Waals surface area (Å²) in [5.74, 6) is -0.116. The van der Waals surface area contributed by atoms with E-state index in [4.69, 9.17) is 13.9 Å². The van der Waals surface area contributed by atoms with Gasteiger partial charge in [0.05, 0.1) is 6.61 Å². The second-order valence-electron chi connectivity index (χ2n) is 10.3. The number of hydrogen-bond acceptors (Lipinski definition) is 6. The summed E-state index contributed by atoms with van der Waals surface area (Å²) in [4.78, 5) is 24.7. The van der Waals surface area contributed by atoms with Crippen LogP contribution in [0.15, 0.2) is 57.7 Å². The molecule has 0 spiro atoms. The zero-order valence-corrected chi connectivity index (χ0v) is 23.4. The van der Waals surface area contributed by atoms with Gasteiger partial charge in [-0.25, -0.2) is 4.79 Å². The van der Waals surface area contributed by atoms with E-state index in [-0.39, 0.29) is 34.5 Å². The van der Waals surface area contributed by atoms with Gasteiger partial charge in [-0.1, -0.05) is 121 Å². The number of aromatic hydroxyl groups is 1. The van der Waals surface area contributed by atoms with Gasteiger partial charge in [-0.15, -0.1) is 0 Å². The van der Waals surface area contributed by atoms with Crippen LogP contribution in [0.25, 0.3) is 22.3 Å². The third-order valence-electron chi connectivity index (χ3n) is 6.96. The Labute approximate surface area is 232 Å². The average molecular weight is 537 g/mol. The van der Waals surface area contributed by atoms with Gasteiger partial charge >= 0.3 is 5.97 Å². The molecular formula is C33H44O6. The molecule has 6 nitrogen and oxygen atoms in total. The molecule has 1 N–H and O–H groups in total. The average Bonchev–Trinajstić information content (AvgIpc) is 2.94. The Hall–Kier alpha value is -3.28. The minimum absolute atomic E-state index is 0.0717. The van der Waals surface area contributed by atoms with E-state index in [2.05, 4.69) is 6.92 Å². The minimum Gasteiger partial charge on any atom is -0.507 e. The lowest BCUT2D eigenvalue weighted by Gasteiger charge is -2.09. The van der Waals surface area contributed by atoms with Crippen LogP contribution >= 0.6 is 0 Å². The molecule has 0 amide bonds. The number of carbonyl (C=O) groups is 1. The van der Waals surface area contributed by atoms with E-state index >= 15 is 0 Å². The summed E-state index contributed by atoms with van der Waals surface area (Å²) < 4.78 is 16.7. The van der Waals surface area contributed by atoms with Gasteiger partial charge in [0, 0.05) is 23.8 Å². The highest BCUT2D eigenvalue weighted by Crippen LogP contribution is 2.31. The van der Waals surface area contributed by atoms with Crippen molar-refractivity contribution in [1.82, 2.24) is 0 Å². The number of phenolic OH excluding ortho intramolecular Hbond substituents is 1. The third kappa shape index (κ3) is 10.8. The summed E-state index contributed by atoms with van der Waals surface area (Å²) >= 11 is 0. The highest BCUT2D eigenvalue weighted by atomic mass is 16.6. The van der Waals surface area contributed by atoms with Crippen molar-refractivity contribution in [3.63, 3.8) is 0 Å². The van der Waals surface area contributed by atoms with Crippen LogP contribution in [0.2, 0.25) is 0 Å². The van der Waals surface area contributed by atoms with Gasteiger partial charge in [0.15, 0.2) is 12.0 Å². The van der Waals surface area contributed by atoms with Crippen LogP contribution in [0.1, 0.15) is 96.8 Å². The number of hydrogen-bond donors (Lipinski definition) is 1. The SMILES string of the molecule is CCCCCCCCCCCCCCCCOC(=O)COc1cc(O)c2c(=O)cc(-c3ccccc3)oc2c1. The number of fused-ring (bicyclic) bond motifs is 1. The molecule has 0 aliphatic carbocycles. The van der Waals surface area contributed by atoms with Crippen molar-refractivity contribution >= 4 is 16.9 Å². The topological polar surface area (TPSA) is 86.0 Å². The van der Waals surface area contributed by atoms with Gasteiger partial charge in [-0.3, -0.25) is 4.79 Å². The third-order valence-corrected chi connectivity index (χ3v) is 6.96. The molecule has 0 bridgehead atoms. The second kappa shape index (κ2) is 17.3. The number of ether oxygens (including phenoxy) is 2. The molecule has 0 atom stereocenters. The Balaban J connectivity index is 1.29. The van der Waals surface area contributed by atoms with Crippen molar-refractivity contribution in [2.75, 3.05) is 13.2 Å². The van der Waals surface area contributed by atoms with Crippen molar-refractivity contribution < 1.29 is 23.8 Å². The predicted molar refractivity (Wildman–Crippen MR) is 156 cm³/mol. The molecular weight excluding hydrogens is 492 g/mol. The summed E-state index contributed by atoms with van der Waals surface area (Å²) in [6, 6.07) is 13.4. The number of phenols is 1. The standard InChI is InChI=1S/C33H44O6/c1-2-3-4-5-6-7-8-9-10-11-12-13-14-18-21-37-32(36)25-38-27-22-28(34)33-29(35)24-30(39-31(33)23-27)26-19-16-15-17-20-26/h15-17,19-20,22-24,34H,2-14,18,21,25H2,1H3. The summed E-state index contributed by atoms with van der Waals surface area (Å²) in [5, 5.41) is 10.4. The van der Waals surface area contributed by atoms with E-state index in [1.807, 2.05) is 30.3 Å². The van der Waals surface area contributed by atoms with Gasteiger partial charge in [0.1, 0.15) is 28.2 Å². The minimum atomic E-state index is -0.469. The summed E-state index contributed by atoms with van der Waals surface area (Å²) in [5.41, 5.74) is 0.577. The zero-order chi connectivity index (χ0) is 27.7. The largest absolute Gasteiger partial charge is 0.507 e. The maximum atomic E-state index is 12.6. The summed E-state index contributed by atoms with van der Waals surface area (Å²) in [6.07, 6.45) is 17.9. The first-order valence-corrected chi connectivity index (χ1v) is 14.7. The van der Waals surface area contributed by atoms with Crippen molar-refractivity contribution in [2.45, 2.75) is 96.8 Å². The Morgan fingerprint density at radius 3 is 2.00 bits per heavy atom. The fourth-order valence-corrected chi connectivity index (χ4v) is 4.74. The molecule has 0 saturated carbocycles. The molecule has 39 heavy (non-hydrogen) atoms. The number of unbranched alkanes of at least 4 members (excludes halogenated alkanes) is 13. The van der Waals surface area contributed by atoms with Crippen LogP contribution in [0.3, 0.4) is 0 Å². The number of benzene rings is 2. The van der Waals surface area contributed by atoms with Crippen molar-refractivity contribution in [2.24, 2.45) is 0 Å². The smallest absolute Gasteiger partial charge is 0.344 e. The fourth-order valence-electron chi connectivity index (χ4n) is 4.74. The highest BCUT2D eigenvalue weighted by Gasteiger charge is 2.14. The maximum absolute atomic E-state index is 12.6. The molecule has 0 unspecified atom stereocenters. The predicted octanol–water partition coefficient (Wildman–Crippen LogP) is 8.57. The van der Waals surface area contributed by atoms with Gasteiger partial charge in [-0.05, 0) is 6.42 Å². The number of rotatable bonds is 19. The van der Waals surface area contributed by atoms with E-state index in [1.54, 1.807) is 0 Å². The molecule has 0 radical (unpaired) electrons. The number of carbonyl (C=O) groups excluding carboxylic acids is 1. The Bertz CT molecular complexity index is 1180. The van der Waals surface area contributed by atoms with E-state index in [0.717, 1.165) is 24.8 Å². The van der Waals surface area contributed by atoms with Crippen LogP contribution in [0.5, 0.6) is 11.5 Å². The van der Waals surface area contributed by atoms with Crippen LogP contribution < -0.4 is 10.2 Å². The molecule has 0 saturated heterocycles. The summed E-state index contributed by atoms with van der Waals surface area (Å²) in [7, 11) is 0.